The van der Waals surface area contributed by atoms with Crippen LogP contribution in [-0.2, 0) is 10.2 Å². The van der Waals surface area contributed by atoms with Gasteiger partial charge in [-0.15, -0.1) is 0 Å². The van der Waals surface area contributed by atoms with Crippen LogP contribution in [0.1, 0.15) is 72.6 Å². The second-order valence-electron chi connectivity index (χ2n) is 12.2. The van der Waals surface area contributed by atoms with E-state index in [0.29, 0.717) is 31.2 Å². The summed E-state index contributed by atoms with van der Waals surface area (Å²) in [7, 11) is 0. The van der Waals surface area contributed by atoms with Gasteiger partial charge in [0.2, 0.25) is 11.9 Å². The zero-order valence-corrected chi connectivity index (χ0v) is 23.8. The molecule has 2 aromatic heterocycles. The Kier molecular flexibility index (Phi) is 6.96. The number of hydrogen-bond donors (Lipinski definition) is 2. The number of aryl methyl sites for hydroxylation is 1. The molecule has 4 rings (SSSR count). The maximum absolute atomic E-state index is 11.9. The molecule has 1 fully saturated rings. The number of hydrogen-bond acceptors (Lipinski definition) is 7. The number of amides is 1. The van der Waals surface area contributed by atoms with E-state index in [0.717, 1.165) is 22.6 Å². The fourth-order valence-electron chi connectivity index (χ4n) is 5.12. The molecule has 0 spiro atoms. The van der Waals surface area contributed by atoms with E-state index in [1.807, 2.05) is 13.3 Å². The van der Waals surface area contributed by atoms with Crippen molar-refractivity contribution in [2.45, 2.75) is 85.4 Å². The number of imidazole rings is 1. The smallest absolute Gasteiger partial charge is 0.234 e. The quantitative estimate of drug-likeness (QED) is 0.506. The summed E-state index contributed by atoms with van der Waals surface area (Å²) in [5.41, 5.74) is 10.3. The van der Waals surface area contributed by atoms with E-state index in [-0.39, 0.29) is 28.9 Å². The number of nitrogens with two attached hydrogens (primary N) is 1. The molecule has 0 aliphatic carbocycles. The van der Waals surface area contributed by atoms with Gasteiger partial charge in [-0.05, 0) is 64.2 Å². The normalized spacial score (nSPS) is 17.4. The molecule has 1 aliphatic rings. The van der Waals surface area contributed by atoms with E-state index >= 15 is 0 Å². The maximum Gasteiger partial charge on any atom is 0.234 e. The van der Waals surface area contributed by atoms with Gasteiger partial charge >= 0.3 is 0 Å². The summed E-state index contributed by atoms with van der Waals surface area (Å²) < 4.78 is 2.11. The first kappa shape index (κ1) is 26.9. The second kappa shape index (κ2) is 9.59. The lowest BCUT2D eigenvalue weighted by Gasteiger charge is -2.49. The average Bonchev–Trinajstić information content (AvgIpc) is 3.23. The van der Waals surface area contributed by atoms with Crippen molar-refractivity contribution in [3.63, 3.8) is 0 Å². The Morgan fingerprint density at radius 2 is 1.84 bits per heavy atom. The Labute approximate surface area is 220 Å². The molecule has 3 N–H and O–H groups in total. The molecule has 1 atom stereocenters. The molecule has 1 saturated heterocycles. The van der Waals surface area contributed by atoms with Crippen LogP contribution >= 0.6 is 0 Å². The first-order valence-corrected chi connectivity index (χ1v) is 13.1. The third kappa shape index (κ3) is 5.28. The molecule has 9 nitrogen and oxygen atoms in total. The molecule has 0 radical (unpaired) electrons. The van der Waals surface area contributed by atoms with Crippen LogP contribution in [0.5, 0.6) is 0 Å². The minimum atomic E-state index is -0.336. The van der Waals surface area contributed by atoms with Crippen molar-refractivity contribution in [3.8, 4) is 0 Å². The highest BCUT2D eigenvalue weighted by molar-refractivity contribution is 5.87. The van der Waals surface area contributed by atoms with E-state index in [4.69, 9.17) is 15.7 Å². The van der Waals surface area contributed by atoms with Gasteiger partial charge in [-0.1, -0.05) is 32.9 Å². The standard InChI is InChI=1S/C28H42N8O/c1-17(2)35-16-30-24-22(35)25(31-21-14-20(27(5,6)7)11-10-18(21)3)33-26(32-24)34-12-13-36(19(4)23(29)37)28(8,9)15-34/h10-11,14,16-17,19H,12-13,15H2,1-9H3,(H2,29,37)(H,31,32,33). The molecule has 1 aromatic carbocycles. The Bertz CT molecular complexity index is 1300. The molecule has 1 amide bonds. The Morgan fingerprint density at radius 1 is 1.14 bits per heavy atom. The first-order valence-electron chi connectivity index (χ1n) is 13.1. The van der Waals surface area contributed by atoms with Gasteiger partial charge in [-0.25, -0.2) is 4.98 Å². The minimum Gasteiger partial charge on any atom is -0.368 e. The molecule has 0 saturated carbocycles. The van der Waals surface area contributed by atoms with Crippen LogP contribution in [0, 0.1) is 6.92 Å². The van der Waals surface area contributed by atoms with Gasteiger partial charge in [0.05, 0.1) is 12.4 Å². The lowest BCUT2D eigenvalue weighted by Crippen LogP contribution is -2.64. The van der Waals surface area contributed by atoms with Crippen molar-refractivity contribution in [2.24, 2.45) is 5.73 Å². The van der Waals surface area contributed by atoms with Crippen molar-refractivity contribution in [1.29, 1.82) is 0 Å². The summed E-state index contributed by atoms with van der Waals surface area (Å²) in [5, 5.41) is 3.64. The van der Waals surface area contributed by atoms with Gasteiger partial charge in [0.25, 0.3) is 0 Å². The lowest BCUT2D eigenvalue weighted by molar-refractivity contribution is -0.125. The number of carbonyl (C=O) groups excluding carboxylic acids is 1. The summed E-state index contributed by atoms with van der Waals surface area (Å²) in [5.74, 6) is 1.07. The number of benzene rings is 1. The van der Waals surface area contributed by atoms with Crippen LogP contribution in [0.2, 0.25) is 0 Å². The molecule has 3 heterocycles. The zero-order valence-electron chi connectivity index (χ0n) is 23.8. The molecule has 0 bridgehead atoms. The number of nitrogens with one attached hydrogen (secondary N) is 1. The lowest BCUT2D eigenvalue weighted by atomic mass is 9.86. The molecule has 9 heteroatoms. The van der Waals surface area contributed by atoms with Crippen molar-refractivity contribution < 1.29 is 4.79 Å². The number of rotatable bonds is 6. The van der Waals surface area contributed by atoms with E-state index in [1.54, 1.807) is 0 Å². The average molecular weight is 507 g/mol. The Balaban J connectivity index is 1.77. The molecule has 200 valence electrons. The predicted octanol–water partition coefficient (Wildman–Crippen LogP) is 4.53. The topological polar surface area (TPSA) is 105 Å². The molecule has 3 aromatic rings. The van der Waals surface area contributed by atoms with Crippen molar-refractivity contribution >= 4 is 34.5 Å². The highest BCUT2D eigenvalue weighted by Crippen LogP contribution is 2.33. The van der Waals surface area contributed by atoms with Crippen molar-refractivity contribution in [1.82, 2.24) is 24.4 Å². The van der Waals surface area contributed by atoms with Crippen LogP contribution in [0.25, 0.3) is 11.2 Å². The number of anilines is 3. The zero-order chi connectivity index (χ0) is 27.3. The monoisotopic (exact) mass is 506 g/mol. The molecular formula is C28H42N8O. The Morgan fingerprint density at radius 3 is 2.43 bits per heavy atom. The number of carbonyl (C=O) groups is 1. The van der Waals surface area contributed by atoms with Crippen LogP contribution in [0.4, 0.5) is 17.5 Å². The van der Waals surface area contributed by atoms with E-state index in [2.05, 4.69) is 98.3 Å². The van der Waals surface area contributed by atoms with Crippen LogP contribution in [0.3, 0.4) is 0 Å². The summed E-state index contributed by atoms with van der Waals surface area (Å²) >= 11 is 0. The van der Waals surface area contributed by atoms with E-state index in [1.165, 1.54) is 5.56 Å². The fourth-order valence-corrected chi connectivity index (χ4v) is 5.12. The van der Waals surface area contributed by atoms with Gasteiger partial charge in [0.15, 0.2) is 11.5 Å². The minimum absolute atomic E-state index is 0.0310. The second-order valence-corrected chi connectivity index (χ2v) is 12.2. The van der Waals surface area contributed by atoms with Crippen LogP contribution in [0.15, 0.2) is 24.5 Å². The van der Waals surface area contributed by atoms with E-state index < -0.39 is 0 Å². The summed E-state index contributed by atoms with van der Waals surface area (Å²) in [6.45, 7) is 21.2. The predicted molar refractivity (Wildman–Crippen MR) is 151 cm³/mol. The third-order valence-corrected chi connectivity index (χ3v) is 7.46. The van der Waals surface area contributed by atoms with Crippen molar-refractivity contribution in [2.75, 3.05) is 29.9 Å². The number of piperazine rings is 1. The molecular weight excluding hydrogens is 464 g/mol. The summed E-state index contributed by atoms with van der Waals surface area (Å²) in [6, 6.07) is 6.43. The fraction of sp³-hybridized carbons (Fsp3) is 0.571. The molecule has 1 aliphatic heterocycles. The SMILES string of the molecule is Cc1ccc(C(C)(C)C)cc1Nc1nc(N2CCN(C(C)C(N)=O)C(C)(C)C2)nc2ncn(C(C)C)c12. The summed E-state index contributed by atoms with van der Waals surface area (Å²) in [6.07, 6.45) is 1.84. The summed E-state index contributed by atoms with van der Waals surface area (Å²) in [4.78, 5) is 30.9. The third-order valence-electron chi connectivity index (χ3n) is 7.46. The van der Waals surface area contributed by atoms with Crippen LogP contribution in [-0.4, -0.2) is 61.5 Å². The first-order chi connectivity index (χ1) is 17.2. The van der Waals surface area contributed by atoms with E-state index in [9.17, 15) is 4.79 Å². The van der Waals surface area contributed by atoms with Gasteiger partial charge in [0, 0.05) is 36.9 Å². The van der Waals surface area contributed by atoms with Crippen molar-refractivity contribution in [3.05, 3.63) is 35.7 Å². The largest absolute Gasteiger partial charge is 0.368 e. The number of aromatic nitrogens is 4. The number of primary amides is 1. The highest BCUT2D eigenvalue weighted by Gasteiger charge is 2.39. The van der Waals surface area contributed by atoms with Gasteiger partial charge < -0.3 is 20.5 Å². The molecule has 37 heavy (non-hydrogen) atoms. The van der Waals surface area contributed by atoms with Gasteiger partial charge in [-0.2, -0.15) is 9.97 Å². The number of fused-ring (bicyclic) bond motifs is 1. The Hall–Kier alpha value is -3.20. The van der Waals surface area contributed by atoms with Gasteiger partial charge in [0.1, 0.15) is 5.52 Å². The highest BCUT2D eigenvalue weighted by atomic mass is 16.1. The molecule has 1 unspecified atom stereocenters. The van der Waals surface area contributed by atoms with Gasteiger partial charge in [-0.3, -0.25) is 9.69 Å². The van der Waals surface area contributed by atoms with Crippen LogP contribution < -0.4 is 16.0 Å². The number of nitrogens with zero attached hydrogens (tertiary/aromatic N) is 6. The maximum atomic E-state index is 11.9.